The van der Waals surface area contributed by atoms with Gasteiger partial charge in [-0.3, -0.25) is 14.6 Å². The highest BCUT2D eigenvalue weighted by atomic mass is 32.2. The largest absolute Gasteiger partial charge is 0.349 e. The highest BCUT2D eigenvalue weighted by Gasteiger charge is 2.44. The minimum Gasteiger partial charge on any atom is -0.349 e. The second-order valence-corrected chi connectivity index (χ2v) is 10.5. The van der Waals surface area contributed by atoms with Gasteiger partial charge >= 0.3 is 0 Å². The number of aryl methyl sites for hydroxylation is 1. The van der Waals surface area contributed by atoms with Crippen molar-refractivity contribution in [3.63, 3.8) is 0 Å². The summed E-state index contributed by atoms with van der Waals surface area (Å²) in [6, 6.07) is 11.8. The van der Waals surface area contributed by atoms with Crippen LogP contribution in [-0.4, -0.2) is 55.0 Å². The fourth-order valence-electron chi connectivity index (χ4n) is 4.74. The first-order valence-electron chi connectivity index (χ1n) is 10.6. The van der Waals surface area contributed by atoms with Gasteiger partial charge in [-0.1, -0.05) is 18.2 Å². The van der Waals surface area contributed by atoms with Gasteiger partial charge in [0.25, 0.3) is 5.91 Å². The van der Waals surface area contributed by atoms with Crippen molar-refractivity contribution < 1.29 is 18.0 Å². The molecule has 2 fully saturated rings. The first-order valence-corrected chi connectivity index (χ1v) is 12.3. The lowest BCUT2D eigenvalue weighted by Gasteiger charge is -2.38. The number of piperidine rings is 1. The first kappa shape index (κ1) is 21.5. The number of carbonyl (C=O) groups is 2. The summed E-state index contributed by atoms with van der Waals surface area (Å²) in [5, 5.41) is 3.16. The monoisotopic (exact) mass is 441 g/mol. The summed E-state index contributed by atoms with van der Waals surface area (Å²) < 4.78 is 24.9. The van der Waals surface area contributed by atoms with Crippen molar-refractivity contribution in [2.75, 3.05) is 18.8 Å². The number of rotatable bonds is 6. The van der Waals surface area contributed by atoms with E-state index in [0.29, 0.717) is 24.3 Å². The van der Waals surface area contributed by atoms with E-state index in [1.54, 1.807) is 53.6 Å². The number of amides is 2. The third kappa shape index (κ3) is 4.63. The lowest BCUT2D eigenvalue weighted by molar-refractivity contribution is -0.133. The van der Waals surface area contributed by atoms with Gasteiger partial charge < -0.3 is 10.2 Å². The van der Waals surface area contributed by atoms with Crippen LogP contribution in [-0.2, 0) is 14.6 Å². The van der Waals surface area contributed by atoms with Crippen LogP contribution < -0.4 is 5.32 Å². The summed E-state index contributed by atoms with van der Waals surface area (Å²) in [6.45, 7) is 2.92. The summed E-state index contributed by atoms with van der Waals surface area (Å²) in [5.74, 6) is -0.0727. The van der Waals surface area contributed by atoms with Crippen molar-refractivity contribution >= 4 is 21.7 Å². The third-order valence-electron chi connectivity index (χ3n) is 6.42. The molecule has 3 atom stereocenters. The number of hydrogen-bond acceptors (Lipinski definition) is 5. The maximum Gasteiger partial charge on any atom is 0.253 e. The van der Waals surface area contributed by atoms with Gasteiger partial charge in [-0.05, 0) is 55.9 Å². The molecule has 2 amide bonds. The van der Waals surface area contributed by atoms with E-state index in [0.717, 1.165) is 12.8 Å². The first-order chi connectivity index (χ1) is 14.8. The number of hydrogen-bond donors (Lipinski definition) is 1. The van der Waals surface area contributed by atoms with Crippen LogP contribution in [0.3, 0.4) is 0 Å². The summed E-state index contributed by atoms with van der Waals surface area (Å²) in [6.07, 6.45) is 3.54. The molecule has 1 aliphatic carbocycles. The van der Waals surface area contributed by atoms with Gasteiger partial charge in [-0.25, -0.2) is 8.42 Å². The number of nitrogens with zero attached hydrogens (tertiary/aromatic N) is 2. The highest BCUT2D eigenvalue weighted by Crippen LogP contribution is 2.37. The van der Waals surface area contributed by atoms with Crippen LogP contribution in [0.4, 0.5) is 0 Å². The fraction of sp³-hybridized carbons (Fsp3) is 0.435. The van der Waals surface area contributed by atoms with Crippen LogP contribution in [0.15, 0.2) is 53.6 Å². The van der Waals surface area contributed by atoms with Crippen LogP contribution in [0, 0.1) is 18.8 Å². The maximum absolute atomic E-state index is 12.8. The molecule has 31 heavy (non-hydrogen) atoms. The summed E-state index contributed by atoms with van der Waals surface area (Å²) in [4.78, 5) is 31.7. The number of nitrogens with one attached hydrogen (secondary N) is 1. The standard InChI is InChI=1S/C23H27N3O4S/c1-16-20(8-5-12-24-16)23(28)25-22-17-9-10-18(22)15-26(14-17)21(27)11-13-31(29,30)19-6-3-2-4-7-19/h2-8,12,17-18,22H,9-11,13-15H2,1H3,(H,25,28)/t17-,18+,22?. The predicted molar refractivity (Wildman–Crippen MR) is 116 cm³/mol. The molecule has 1 aromatic heterocycles. The number of fused-ring (bicyclic) bond motifs is 2. The molecule has 1 N–H and O–H groups in total. The molecule has 164 valence electrons. The molecule has 2 heterocycles. The normalized spacial score (nSPS) is 22.9. The van der Waals surface area contributed by atoms with E-state index in [4.69, 9.17) is 0 Å². The lowest BCUT2D eigenvalue weighted by Crippen LogP contribution is -2.54. The molecule has 2 bridgehead atoms. The number of sulfone groups is 1. The minimum absolute atomic E-state index is 0.0252. The Kier molecular flexibility index (Phi) is 6.09. The zero-order valence-electron chi connectivity index (χ0n) is 17.5. The summed E-state index contributed by atoms with van der Waals surface area (Å²) in [7, 11) is -3.48. The summed E-state index contributed by atoms with van der Waals surface area (Å²) in [5.41, 5.74) is 1.27. The second-order valence-electron chi connectivity index (χ2n) is 8.41. The SMILES string of the molecule is Cc1ncccc1C(=O)NC1[C@@H]2CC[C@H]1CN(C(=O)CCS(=O)(=O)c1ccccc1)C2. The van der Waals surface area contributed by atoms with Gasteiger partial charge in [-0.15, -0.1) is 0 Å². The number of benzene rings is 1. The molecule has 8 heteroatoms. The van der Waals surface area contributed by atoms with Gasteiger partial charge in [0.1, 0.15) is 0 Å². The molecule has 7 nitrogen and oxygen atoms in total. The third-order valence-corrected chi connectivity index (χ3v) is 8.15. The van der Waals surface area contributed by atoms with Crippen molar-refractivity contribution in [1.29, 1.82) is 0 Å². The average molecular weight is 442 g/mol. The van der Waals surface area contributed by atoms with E-state index in [2.05, 4.69) is 10.3 Å². The minimum atomic E-state index is -3.48. The van der Waals surface area contributed by atoms with Crippen molar-refractivity contribution in [3.8, 4) is 0 Å². The average Bonchev–Trinajstić information content (AvgIpc) is 2.99. The molecular formula is C23H27N3O4S. The Bertz CT molecular complexity index is 1060. The zero-order valence-corrected chi connectivity index (χ0v) is 18.3. The zero-order chi connectivity index (χ0) is 22.0. The number of carbonyl (C=O) groups excluding carboxylic acids is 2. The topological polar surface area (TPSA) is 96.4 Å². The van der Waals surface area contributed by atoms with Crippen LogP contribution >= 0.6 is 0 Å². The molecule has 0 radical (unpaired) electrons. The Balaban J connectivity index is 1.35. The highest BCUT2D eigenvalue weighted by molar-refractivity contribution is 7.91. The van der Waals surface area contributed by atoms with E-state index < -0.39 is 9.84 Å². The Morgan fingerprint density at radius 3 is 2.39 bits per heavy atom. The lowest BCUT2D eigenvalue weighted by atomic mass is 9.91. The quantitative estimate of drug-likeness (QED) is 0.742. The molecule has 1 saturated heterocycles. The fourth-order valence-corrected chi connectivity index (χ4v) is 5.99. The van der Waals surface area contributed by atoms with Gasteiger partial charge in [0.15, 0.2) is 9.84 Å². The van der Waals surface area contributed by atoms with E-state index in [-0.39, 0.29) is 46.8 Å². The Labute approximate surface area is 182 Å². The number of likely N-dealkylation sites (tertiary alicyclic amines) is 1. The van der Waals surface area contributed by atoms with Crippen LogP contribution in [0.2, 0.25) is 0 Å². The van der Waals surface area contributed by atoms with Crippen molar-refractivity contribution in [2.45, 2.75) is 37.1 Å². The van der Waals surface area contributed by atoms with E-state index in [1.807, 2.05) is 6.92 Å². The van der Waals surface area contributed by atoms with Gasteiger partial charge in [0, 0.05) is 37.4 Å². The summed E-state index contributed by atoms with van der Waals surface area (Å²) >= 11 is 0. The Morgan fingerprint density at radius 2 is 1.74 bits per heavy atom. The smallest absolute Gasteiger partial charge is 0.253 e. The molecule has 1 unspecified atom stereocenters. The Hall–Kier alpha value is -2.74. The maximum atomic E-state index is 12.8. The van der Waals surface area contributed by atoms with Crippen LogP contribution in [0.5, 0.6) is 0 Å². The van der Waals surface area contributed by atoms with Crippen molar-refractivity contribution in [2.24, 2.45) is 11.8 Å². The molecular weight excluding hydrogens is 414 g/mol. The van der Waals surface area contributed by atoms with Crippen LogP contribution in [0.25, 0.3) is 0 Å². The molecule has 2 aromatic rings. The second kappa shape index (κ2) is 8.78. The predicted octanol–water partition coefficient (Wildman–Crippen LogP) is 2.22. The van der Waals surface area contributed by atoms with Gasteiger partial charge in [0.2, 0.25) is 5.91 Å². The van der Waals surface area contributed by atoms with E-state index in [9.17, 15) is 18.0 Å². The van der Waals surface area contributed by atoms with Crippen molar-refractivity contribution in [3.05, 3.63) is 59.9 Å². The molecule has 4 rings (SSSR count). The number of pyridine rings is 1. The molecule has 1 aromatic carbocycles. The molecule has 0 spiro atoms. The van der Waals surface area contributed by atoms with Crippen molar-refractivity contribution in [1.82, 2.24) is 15.2 Å². The van der Waals surface area contributed by atoms with Gasteiger partial charge in [-0.2, -0.15) is 0 Å². The van der Waals surface area contributed by atoms with Crippen LogP contribution in [0.1, 0.15) is 35.3 Å². The van der Waals surface area contributed by atoms with E-state index in [1.165, 1.54) is 0 Å². The molecule has 1 saturated carbocycles. The Morgan fingerprint density at radius 1 is 1.06 bits per heavy atom. The van der Waals surface area contributed by atoms with E-state index >= 15 is 0 Å². The number of aromatic nitrogens is 1. The molecule has 1 aliphatic heterocycles. The molecule has 2 aliphatic rings. The van der Waals surface area contributed by atoms with Gasteiger partial charge in [0.05, 0.1) is 16.2 Å².